The van der Waals surface area contributed by atoms with E-state index in [-0.39, 0.29) is 48.5 Å². The van der Waals surface area contributed by atoms with Gasteiger partial charge in [-0.05, 0) is 63.1 Å². The number of phenols is 1. The second-order valence-electron chi connectivity index (χ2n) is 19.4. The molecule has 0 spiro atoms. The van der Waals surface area contributed by atoms with E-state index in [0.717, 1.165) is 61.0 Å². The molecule has 6 nitrogen and oxygen atoms in total. The molecule has 1 N–H and O–H groups in total. The largest absolute Gasteiger partial charge is 0.507 e. The first-order chi connectivity index (χ1) is 26.2. The van der Waals surface area contributed by atoms with Gasteiger partial charge in [-0.25, -0.2) is 4.98 Å². The van der Waals surface area contributed by atoms with Gasteiger partial charge in [0.1, 0.15) is 22.7 Å². The first kappa shape index (κ1) is 40.3. The zero-order chi connectivity index (χ0) is 40.1. The zero-order valence-electron chi connectivity index (χ0n) is 35.1. The number of fused-ring (bicyclic) bond motifs is 4. The Morgan fingerprint density at radius 1 is 0.596 bits per heavy atom. The van der Waals surface area contributed by atoms with Gasteiger partial charge in [-0.15, -0.1) is 29.3 Å². The van der Waals surface area contributed by atoms with Crippen LogP contribution in [0.2, 0.25) is 0 Å². The van der Waals surface area contributed by atoms with Gasteiger partial charge in [0.25, 0.3) is 0 Å². The Hall–Kier alpha value is -4.93. The Morgan fingerprint density at radius 2 is 1.21 bits per heavy atom. The van der Waals surface area contributed by atoms with Crippen LogP contribution in [0.4, 0.5) is 0 Å². The number of aromatic nitrogens is 3. The van der Waals surface area contributed by atoms with E-state index in [1.54, 1.807) is 12.5 Å². The fraction of sp³-hybridized carbons (Fsp3) is 0.320. The van der Waals surface area contributed by atoms with Crippen LogP contribution in [0.15, 0.2) is 100 Å². The average molecular weight is 938 g/mol. The zero-order valence-corrected chi connectivity index (χ0v) is 37.4. The monoisotopic (exact) mass is 937 g/mol. The maximum Gasteiger partial charge on any atom is 0.161 e. The molecule has 4 heterocycles. The summed E-state index contributed by atoms with van der Waals surface area (Å²) >= 11 is 0. The molecular weight excluding hydrogens is 886 g/mol. The number of hydrogen-bond acceptors (Lipinski definition) is 5. The van der Waals surface area contributed by atoms with E-state index in [4.69, 9.17) is 18.8 Å². The molecule has 8 rings (SSSR count). The molecule has 0 aliphatic carbocycles. The minimum atomic E-state index is -0.303. The van der Waals surface area contributed by atoms with Crippen LogP contribution in [0.5, 0.6) is 5.75 Å². The summed E-state index contributed by atoms with van der Waals surface area (Å²) in [5.41, 5.74) is 12.7. The van der Waals surface area contributed by atoms with Crippen LogP contribution in [0.1, 0.15) is 105 Å². The van der Waals surface area contributed by atoms with Crippen molar-refractivity contribution in [1.82, 2.24) is 14.5 Å². The molecule has 57 heavy (non-hydrogen) atoms. The molecule has 8 aromatic rings. The number of benzene rings is 4. The number of pyridine rings is 1. The quantitative estimate of drug-likeness (QED) is 0.178. The van der Waals surface area contributed by atoms with E-state index in [0.29, 0.717) is 28.2 Å². The summed E-state index contributed by atoms with van der Waals surface area (Å²) < 4.78 is 14.1. The molecule has 0 saturated carbocycles. The van der Waals surface area contributed by atoms with Gasteiger partial charge in [0.05, 0.1) is 34.5 Å². The smallest absolute Gasteiger partial charge is 0.161 e. The number of furan rings is 2. The van der Waals surface area contributed by atoms with Crippen LogP contribution < -0.4 is 0 Å². The first-order valence-corrected chi connectivity index (χ1v) is 19.5. The molecule has 0 atom stereocenters. The Labute approximate surface area is 350 Å². The summed E-state index contributed by atoms with van der Waals surface area (Å²) in [4.78, 5) is 10.6. The molecule has 0 fully saturated rings. The molecule has 4 aromatic carbocycles. The topological polar surface area (TPSA) is 77.2 Å². The second-order valence-corrected chi connectivity index (χ2v) is 19.4. The molecule has 0 amide bonds. The molecule has 4 aromatic heterocycles. The van der Waals surface area contributed by atoms with Crippen LogP contribution in [0.3, 0.4) is 0 Å². The Kier molecular flexibility index (Phi) is 9.80. The van der Waals surface area contributed by atoms with E-state index in [1.807, 2.05) is 12.1 Å². The maximum absolute atomic E-state index is 12.2. The van der Waals surface area contributed by atoms with Crippen LogP contribution in [0, 0.1) is 6.07 Å². The van der Waals surface area contributed by atoms with E-state index in [1.165, 1.54) is 5.56 Å². The third kappa shape index (κ3) is 7.16. The van der Waals surface area contributed by atoms with Crippen molar-refractivity contribution in [2.45, 2.75) is 105 Å². The van der Waals surface area contributed by atoms with Gasteiger partial charge in [0.15, 0.2) is 5.58 Å². The van der Waals surface area contributed by atoms with E-state index in [9.17, 15) is 5.11 Å². The fourth-order valence-electron chi connectivity index (χ4n) is 7.57. The van der Waals surface area contributed by atoms with Crippen molar-refractivity contribution in [3.05, 3.63) is 120 Å². The third-order valence-electron chi connectivity index (χ3n) is 11.0. The van der Waals surface area contributed by atoms with Crippen molar-refractivity contribution in [1.29, 1.82) is 0 Å². The number of phenolic OH excluding ortho intramolecular Hbond substituents is 1. The predicted octanol–water partition coefficient (Wildman–Crippen LogP) is 13.6. The van der Waals surface area contributed by atoms with Gasteiger partial charge in [0.2, 0.25) is 0 Å². The Bertz CT molecular complexity index is 2790. The van der Waals surface area contributed by atoms with Crippen LogP contribution >= 0.6 is 0 Å². The summed E-state index contributed by atoms with van der Waals surface area (Å²) in [6.07, 6.45) is 3.35. The van der Waals surface area contributed by atoms with Gasteiger partial charge in [-0.1, -0.05) is 125 Å². The fourth-order valence-corrected chi connectivity index (χ4v) is 7.57. The number of para-hydroxylation sites is 1. The van der Waals surface area contributed by atoms with Gasteiger partial charge in [-0.2, -0.15) is 0 Å². The van der Waals surface area contributed by atoms with Crippen LogP contribution in [-0.4, -0.2) is 19.6 Å². The number of rotatable bonds is 4. The number of nitrogens with zero attached hydrogens (tertiary/aromatic N) is 3. The molecule has 0 unspecified atom stereocenters. The Morgan fingerprint density at radius 3 is 1.86 bits per heavy atom. The third-order valence-corrected chi connectivity index (χ3v) is 11.0. The van der Waals surface area contributed by atoms with Crippen molar-refractivity contribution < 1.29 is 35.0 Å². The summed E-state index contributed by atoms with van der Waals surface area (Å²) in [5.74, 6) is 0.934. The predicted molar refractivity (Wildman–Crippen MR) is 230 cm³/mol. The molecule has 0 aliphatic rings. The van der Waals surface area contributed by atoms with Crippen molar-refractivity contribution in [2.75, 3.05) is 0 Å². The van der Waals surface area contributed by atoms with E-state index >= 15 is 0 Å². The van der Waals surface area contributed by atoms with Crippen molar-refractivity contribution in [3.63, 3.8) is 0 Å². The Balaban J connectivity index is 0.00000496. The molecule has 7 heteroatoms. The van der Waals surface area contributed by atoms with Crippen molar-refractivity contribution in [3.8, 4) is 45.2 Å². The number of hydrogen-bond donors (Lipinski definition) is 1. The van der Waals surface area contributed by atoms with Crippen LogP contribution in [0.25, 0.3) is 72.6 Å². The standard InChI is InChI=1S/C50H52N3O3.Pt/c1-47(2,3)31-16-18-34(19-17-31)53-40-15-13-14-35(42(40)52-46(53)37-27-33(49(7,8)9)28-38(43(37)54)50(10,11)12)29-24-30(26-32(25-29)48(4,5)6)41-45-36(20-22-56-45)44-39(51-41)21-23-55-44;/h13-23,25-28,54H,1-12H3;/q-1;. The van der Waals surface area contributed by atoms with Crippen molar-refractivity contribution >= 4 is 33.1 Å². The van der Waals surface area contributed by atoms with E-state index < -0.39 is 0 Å². The summed E-state index contributed by atoms with van der Waals surface area (Å²) in [6, 6.07) is 31.3. The summed E-state index contributed by atoms with van der Waals surface area (Å²) in [5, 5.41) is 13.1. The van der Waals surface area contributed by atoms with Gasteiger partial charge < -0.3 is 13.9 Å². The molecular formula is C50H52N3O3Pt-. The average Bonchev–Trinajstić information content (AvgIpc) is 3.88. The van der Waals surface area contributed by atoms with Crippen LogP contribution in [-0.2, 0) is 42.7 Å². The molecule has 0 bridgehead atoms. The molecule has 296 valence electrons. The SMILES string of the molecule is CC(C)(C)c1ccc(-n2c(-c3cc(C(C)(C)C)cc(C(C)(C)C)c3O)nc3c(-c4[c-]c(-c5nc6ccoc6c6ccoc56)cc(C(C)(C)C)c4)cccc32)cc1.[Pt]. The second kappa shape index (κ2) is 13.9. The summed E-state index contributed by atoms with van der Waals surface area (Å²) in [6.45, 7) is 26.4. The van der Waals surface area contributed by atoms with Gasteiger partial charge in [-0.3, -0.25) is 9.55 Å². The molecule has 0 saturated heterocycles. The van der Waals surface area contributed by atoms with Crippen molar-refractivity contribution in [2.24, 2.45) is 0 Å². The maximum atomic E-state index is 12.2. The number of aromatic hydroxyl groups is 1. The van der Waals surface area contributed by atoms with Gasteiger partial charge >= 0.3 is 0 Å². The first-order valence-electron chi connectivity index (χ1n) is 19.5. The van der Waals surface area contributed by atoms with Gasteiger partial charge in [0, 0.05) is 44.1 Å². The van der Waals surface area contributed by atoms with E-state index in [2.05, 4.69) is 160 Å². The minimum Gasteiger partial charge on any atom is -0.507 e. The number of imidazole rings is 1. The minimum absolute atomic E-state index is 0. The normalized spacial score (nSPS) is 12.8. The molecule has 0 radical (unpaired) electrons. The molecule has 0 aliphatic heterocycles. The summed E-state index contributed by atoms with van der Waals surface area (Å²) in [7, 11) is 0.